The van der Waals surface area contributed by atoms with Crippen molar-refractivity contribution in [2.75, 3.05) is 0 Å². The van der Waals surface area contributed by atoms with Crippen LogP contribution in [0.5, 0.6) is 0 Å². The van der Waals surface area contributed by atoms with E-state index in [4.69, 9.17) is 24.9 Å². The summed E-state index contributed by atoms with van der Waals surface area (Å²) in [5.41, 5.74) is 35.0. The highest BCUT2D eigenvalue weighted by Gasteiger charge is 2.36. The van der Waals surface area contributed by atoms with E-state index in [1.165, 1.54) is 148 Å². The molecule has 21 aromatic carbocycles. The molecular formula is C134H90N10. The van der Waals surface area contributed by atoms with Crippen LogP contribution in [0.25, 0.3) is 250 Å². The smallest absolute Gasteiger partial charge is 0.238 e. The first-order chi connectivity index (χ1) is 71.2. The van der Waals surface area contributed by atoms with Crippen molar-refractivity contribution in [2.24, 2.45) is 0 Å². The fraction of sp³-hybridized carbons (Fsp3) is 0.0224. The summed E-state index contributed by atoms with van der Waals surface area (Å²) < 4.78 is 11.6. The minimum absolute atomic E-state index is 0.0257. The molecular weight excluding hydrogens is 1750 g/mol. The van der Waals surface area contributed by atoms with E-state index in [1.54, 1.807) is 0 Å². The van der Waals surface area contributed by atoms with E-state index in [1.807, 2.05) is 84.9 Å². The molecule has 7 heterocycles. The molecule has 676 valence electrons. The van der Waals surface area contributed by atoms with Crippen LogP contribution in [-0.4, -0.2) is 47.8 Å². The fourth-order valence-corrected chi connectivity index (χ4v) is 22.2. The third-order valence-electron chi connectivity index (χ3n) is 29.1. The summed E-state index contributed by atoms with van der Waals surface area (Å²) in [4.78, 5) is 25.4. The van der Waals surface area contributed by atoms with Crippen LogP contribution in [0.1, 0.15) is 25.0 Å². The summed E-state index contributed by atoms with van der Waals surface area (Å²) in [7, 11) is 0. The Kier molecular flexibility index (Phi) is 20.4. The van der Waals surface area contributed by atoms with Gasteiger partial charge in [0.1, 0.15) is 5.82 Å². The van der Waals surface area contributed by atoms with Crippen molar-refractivity contribution >= 4 is 120 Å². The van der Waals surface area contributed by atoms with Crippen LogP contribution in [0.2, 0.25) is 0 Å². The second-order valence-electron chi connectivity index (χ2n) is 37.8. The highest BCUT2D eigenvalue weighted by atomic mass is 15.2. The molecule has 0 N–H and O–H groups in total. The van der Waals surface area contributed by atoms with E-state index < -0.39 is 0 Å². The quantitative estimate of drug-likeness (QED) is 0.115. The second kappa shape index (κ2) is 34.8. The summed E-state index contributed by atoms with van der Waals surface area (Å²) in [5, 5.41) is 14.6. The molecule has 28 aromatic rings. The van der Waals surface area contributed by atoms with Crippen molar-refractivity contribution < 1.29 is 0 Å². The van der Waals surface area contributed by atoms with E-state index in [0.717, 1.165) is 89.1 Å². The maximum atomic E-state index is 5.25. The molecule has 0 saturated carbocycles. The molecule has 0 unspecified atom stereocenters. The number of rotatable bonds is 13. The Labute approximate surface area is 831 Å². The number of hydrogen-bond acceptors (Lipinski definition) is 5. The summed E-state index contributed by atoms with van der Waals surface area (Å²) in [6, 6.07) is 182. The number of aromatic nitrogens is 10. The third kappa shape index (κ3) is 14.5. The molecule has 1 aliphatic rings. The van der Waals surface area contributed by atoms with E-state index in [-0.39, 0.29) is 5.41 Å². The SMILES string of the molecule is CC1(C)c2ccccc2-c2cc(-c3ccc4c(c3)c3ccccc3n4-c3ccc(-c4ccccc4)cc3)ccc21.c1ccc(-c2cc(-n3c4ccccc4c4ccc(-c5ccc6c(c5)c5ccccc5n6-c5ccc6ccccc6c5)cc43)nc(-c3ccccc3)n2)cc1.c1ccc(-c2nc(-c3ccccc3)nc(-n3c4ccccc4c4cc(-c5ccc6c(c5)c5ccccc5n6-c5ccccc5)ccc43)n2)cc1. The van der Waals surface area contributed by atoms with Gasteiger partial charge in [0.15, 0.2) is 17.5 Å². The molecule has 0 fully saturated rings. The third-order valence-corrected chi connectivity index (χ3v) is 29.1. The van der Waals surface area contributed by atoms with Gasteiger partial charge >= 0.3 is 0 Å². The zero-order chi connectivity index (χ0) is 95.5. The molecule has 29 rings (SSSR count). The predicted octanol–water partition coefficient (Wildman–Crippen LogP) is 34.3. The van der Waals surface area contributed by atoms with E-state index in [0.29, 0.717) is 23.4 Å². The van der Waals surface area contributed by atoms with Crippen molar-refractivity contribution in [2.45, 2.75) is 19.3 Å². The molecule has 7 aromatic heterocycles. The van der Waals surface area contributed by atoms with Gasteiger partial charge < -0.3 is 13.7 Å². The van der Waals surface area contributed by atoms with Crippen LogP contribution in [0.15, 0.2) is 510 Å². The van der Waals surface area contributed by atoms with Crippen molar-refractivity contribution in [1.82, 2.24) is 47.8 Å². The molecule has 0 spiro atoms. The first-order valence-corrected chi connectivity index (χ1v) is 49.2. The lowest BCUT2D eigenvalue weighted by atomic mass is 9.82. The number of hydrogen-bond donors (Lipinski definition) is 0. The Balaban J connectivity index is 0.000000109. The maximum absolute atomic E-state index is 5.25. The minimum atomic E-state index is 0.0257. The fourth-order valence-electron chi connectivity index (χ4n) is 22.2. The van der Waals surface area contributed by atoms with Gasteiger partial charge in [-0.15, -0.1) is 0 Å². The van der Waals surface area contributed by atoms with Crippen LogP contribution in [0, 0.1) is 0 Å². The molecule has 0 radical (unpaired) electrons. The van der Waals surface area contributed by atoms with E-state index in [9.17, 15) is 0 Å². The van der Waals surface area contributed by atoms with E-state index in [2.05, 4.69) is 461 Å². The highest BCUT2D eigenvalue weighted by molar-refractivity contribution is 6.16. The summed E-state index contributed by atoms with van der Waals surface area (Å²) >= 11 is 0. The molecule has 0 saturated heterocycles. The second-order valence-corrected chi connectivity index (χ2v) is 37.8. The highest BCUT2D eigenvalue weighted by Crippen LogP contribution is 2.51. The lowest BCUT2D eigenvalue weighted by molar-refractivity contribution is 0.660. The van der Waals surface area contributed by atoms with Gasteiger partial charge in [0.25, 0.3) is 0 Å². The Morgan fingerprint density at radius 1 is 0.167 bits per heavy atom. The molecule has 0 aliphatic heterocycles. The summed E-state index contributed by atoms with van der Waals surface area (Å²) in [6.07, 6.45) is 0. The predicted molar refractivity (Wildman–Crippen MR) is 599 cm³/mol. The Bertz CT molecular complexity index is 9790. The van der Waals surface area contributed by atoms with Crippen molar-refractivity contribution in [3.05, 3.63) is 521 Å². The number of nitrogens with zero attached hydrogens (tertiary/aromatic N) is 10. The average Bonchev–Trinajstić information content (AvgIpc) is 1.58. The Hall–Kier alpha value is -19.0. The van der Waals surface area contributed by atoms with E-state index >= 15 is 0 Å². The van der Waals surface area contributed by atoms with Gasteiger partial charge in [-0.3, -0.25) is 9.13 Å². The van der Waals surface area contributed by atoms with Gasteiger partial charge in [0.05, 0.1) is 60.9 Å². The number of fused-ring (bicyclic) bond motifs is 19. The number of benzene rings is 21. The summed E-state index contributed by atoms with van der Waals surface area (Å²) in [5.74, 6) is 3.40. The van der Waals surface area contributed by atoms with Gasteiger partial charge in [-0.25, -0.2) is 15.0 Å². The molecule has 0 atom stereocenters. The van der Waals surface area contributed by atoms with Crippen LogP contribution in [0.4, 0.5) is 0 Å². The van der Waals surface area contributed by atoms with Crippen molar-refractivity contribution in [1.29, 1.82) is 0 Å². The zero-order valence-corrected chi connectivity index (χ0v) is 79.0. The molecule has 0 amide bonds. The standard InChI is InChI=1S/C50H32N4.C45H29N5.C39H29N/c1-3-14-34(15-4-1)44-32-49(52-50(51-44)35-16-5-2-6-17-35)54-46-22-12-9-19-40(46)42-27-24-38(31-48(42)54)37-25-28-47-43(30-37)41-20-10-11-21-45(41)53(47)39-26-23-33-13-7-8-18-36(33)29-39;1-4-14-30(15-5-1)43-46-44(31-16-6-2-7-17-31)48-45(47-43)50-40-23-13-11-21-36(40)38-29-33(25-27-42(38)50)32-24-26-41-37(28-32)35-20-10-12-22-39(35)49(41)34-18-8-3-9-19-34;1-39(2)35-14-8-6-12-31(35)33-24-28(18-22-36(33)39)29-19-23-38-34(25-29)32-13-7-9-15-37(32)40(38)30-20-16-27(17-21-30)26-10-4-3-5-11-26/h1-32H;1-29H;3-25H,1-2H3. The molecule has 10 nitrogen and oxygen atoms in total. The van der Waals surface area contributed by atoms with Gasteiger partial charge in [-0.1, -0.05) is 390 Å². The average molecular weight is 1840 g/mol. The largest absolute Gasteiger partial charge is 0.309 e. The van der Waals surface area contributed by atoms with Crippen molar-refractivity contribution in [3.63, 3.8) is 0 Å². The zero-order valence-electron chi connectivity index (χ0n) is 79.0. The molecule has 1 aliphatic carbocycles. The lowest BCUT2D eigenvalue weighted by Crippen LogP contribution is -2.14. The van der Waals surface area contributed by atoms with Gasteiger partial charge in [-0.2, -0.15) is 9.97 Å². The first kappa shape index (κ1) is 84.3. The number of para-hydroxylation sites is 6. The Morgan fingerprint density at radius 3 is 1.00 bits per heavy atom. The van der Waals surface area contributed by atoms with Crippen LogP contribution in [0.3, 0.4) is 0 Å². The van der Waals surface area contributed by atoms with Gasteiger partial charge in [-0.05, 0) is 205 Å². The van der Waals surface area contributed by atoms with Gasteiger partial charge in [0, 0.05) is 105 Å². The summed E-state index contributed by atoms with van der Waals surface area (Å²) in [6.45, 7) is 4.68. The van der Waals surface area contributed by atoms with Crippen molar-refractivity contribution in [3.8, 4) is 130 Å². The van der Waals surface area contributed by atoms with Gasteiger partial charge in [0.2, 0.25) is 5.95 Å². The van der Waals surface area contributed by atoms with Crippen LogP contribution in [-0.2, 0) is 5.41 Å². The first-order valence-electron chi connectivity index (χ1n) is 49.2. The topological polar surface area (TPSA) is 89.1 Å². The van der Waals surface area contributed by atoms with Crippen LogP contribution >= 0.6 is 0 Å². The normalized spacial score (nSPS) is 12.2. The lowest BCUT2D eigenvalue weighted by Gasteiger charge is -2.21. The molecule has 0 bridgehead atoms. The monoisotopic (exact) mass is 1840 g/mol. The van der Waals surface area contributed by atoms with Crippen LogP contribution < -0.4 is 0 Å². The maximum Gasteiger partial charge on any atom is 0.238 e. The molecule has 10 heteroatoms. The minimum Gasteiger partial charge on any atom is -0.309 e. The molecule has 144 heavy (non-hydrogen) atoms. The Morgan fingerprint density at radius 2 is 0.493 bits per heavy atom.